The van der Waals surface area contributed by atoms with Gasteiger partial charge in [-0.3, -0.25) is 10.1 Å². The van der Waals surface area contributed by atoms with Crippen LogP contribution in [0.3, 0.4) is 0 Å². The van der Waals surface area contributed by atoms with Crippen LogP contribution in [0.2, 0.25) is 0 Å². The van der Waals surface area contributed by atoms with Crippen LogP contribution in [-0.4, -0.2) is 35.3 Å². The summed E-state index contributed by atoms with van der Waals surface area (Å²) in [5.41, 5.74) is -0.0809. The second-order valence-electron chi connectivity index (χ2n) is 4.88. The Kier molecular flexibility index (Phi) is 5.72. The van der Waals surface area contributed by atoms with Crippen molar-refractivity contribution >= 4 is 5.69 Å². The van der Waals surface area contributed by atoms with Gasteiger partial charge in [0.1, 0.15) is 12.4 Å². The van der Waals surface area contributed by atoms with Crippen molar-refractivity contribution in [3.05, 3.63) is 34.4 Å². The van der Waals surface area contributed by atoms with Crippen LogP contribution in [0.15, 0.2) is 24.3 Å². The maximum atomic E-state index is 10.5. The lowest BCUT2D eigenvalue weighted by molar-refractivity contribution is -0.384. The van der Waals surface area contributed by atoms with Crippen molar-refractivity contribution in [3.8, 4) is 5.75 Å². The maximum absolute atomic E-state index is 10.5. The van der Waals surface area contributed by atoms with Crippen molar-refractivity contribution in [2.24, 2.45) is 0 Å². The Hall–Kier alpha value is -1.66. The minimum absolute atomic E-state index is 0.0505. The van der Waals surface area contributed by atoms with E-state index in [9.17, 15) is 10.1 Å². The molecule has 1 aromatic carbocycles. The van der Waals surface area contributed by atoms with Gasteiger partial charge in [0.2, 0.25) is 0 Å². The van der Waals surface area contributed by atoms with E-state index in [1.54, 1.807) is 12.1 Å². The van der Waals surface area contributed by atoms with E-state index in [2.05, 4.69) is 5.32 Å². The van der Waals surface area contributed by atoms with Gasteiger partial charge >= 0.3 is 0 Å². The summed E-state index contributed by atoms with van der Waals surface area (Å²) in [7, 11) is 0. The third-order valence-electron chi connectivity index (χ3n) is 2.76. The van der Waals surface area contributed by atoms with Gasteiger partial charge in [-0.05, 0) is 32.4 Å². The smallest absolute Gasteiger partial charge is 0.269 e. The molecule has 0 saturated carbocycles. The average Bonchev–Trinajstić information content (AvgIpc) is 2.35. The average molecular weight is 268 g/mol. The number of rotatable bonds is 8. The topological polar surface area (TPSA) is 84.6 Å². The molecule has 0 unspecified atom stereocenters. The van der Waals surface area contributed by atoms with Gasteiger partial charge in [0.05, 0.1) is 4.92 Å². The summed E-state index contributed by atoms with van der Waals surface area (Å²) in [6.45, 7) is 5.27. The molecule has 6 heteroatoms. The quantitative estimate of drug-likeness (QED) is 0.426. The highest BCUT2D eigenvalue weighted by molar-refractivity contribution is 5.35. The SMILES string of the molecule is CC(C)(CCO)NCCOc1ccc([N+](=O)[O-])cc1. The van der Waals surface area contributed by atoms with Crippen molar-refractivity contribution in [1.82, 2.24) is 5.32 Å². The van der Waals surface area contributed by atoms with E-state index < -0.39 is 4.92 Å². The van der Waals surface area contributed by atoms with Crippen LogP contribution in [0.1, 0.15) is 20.3 Å². The van der Waals surface area contributed by atoms with Crippen LogP contribution in [0.5, 0.6) is 5.75 Å². The van der Waals surface area contributed by atoms with Gasteiger partial charge in [-0.1, -0.05) is 0 Å². The van der Waals surface area contributed by atoms with Crippen molar-refractivity contribution in [2.75, 3.05) is 19.8 Å². The van der Waals surface area contributed by atoms with Crippen molar-refractivity contribution < 1.29 is 14.8 Å². The highest BCUT2D eigenvalue weighted by Crippen LogP contribution is 2.17. The Bertz CT molecular complexity index is 404. The standard InChI is InChI=1S/C13H20N2O4/c1-13(2,7-9-16)14-8-10-19-12-5-3-11(4-6-12)15(17)18/h3-6,14,16H,7-10H2,1-2H3. The van der Waals surface area contributed by atoms with Crippen LogP contribution < -0.4 is 10.1 Å². The largest absolute Gasteiger partial charge is 0.492 e. The van der Waals surface area contributed by atoms with Gasteiger partial charge in [0.15, 0.2) is 0 Å². The molecule has 0 aliphatic carbocycles. The highest BCUT2D eigenvalue weighted by atomic mass is 16.6. The minimum Gasteiger partial charge on any atom is -0.492 e. The van der Waals surface area contributed by atoms with E-state index in [0.717, 1.165) is 0 Å². The molecule has 0 saturated heterocycles. The van der Waals surface area contributed by atoms with E-state index in [1.807, 2.05) is 13.8 Å². The lowest BCUT2D eigenvalue weighted by atomic mass is 10.0. The van der Waals surface area contributed by atoms with E-state index in [0.29, 0.717) is 25.3 Å². The van der Waals surface area contributed by atoms with E-state index in [4.69, 9.17) is 9.84 Å². The first-order chi connectivity index (χ1) is 8.94. The number of benzene rings is 1. The molecule has 0 amide bonds. The summed E-state index contributed by atoms with van der Waals surface area (Å²) in [6, 6.07) is 5.99. The summed E-state index contributed by atoms with van der Waals surface area (Å²) in [5, 5.41) is 22.6. The molecule has 0 heterocycles. The highest BCUT2D eigenvalue weighted by Gasteiger charge is 2.15. The number of ether oxygens (including phenoxy) is 1. The Balaban J connectivity index is 2.31. The Morgan fingerprint density at radius 1 is 1.37 bits per heavy atom. The normalized spacial score (nSPS) is 11.3. The van der Waals surface area contributed by atoms with Crippen molar-refractivity contribution in [1.29, 1.82) is 0 Å². The summed E-state index contributed by atoms with van der Waals surface area (Å²) >= 11 is 0. The fraction of sp³-hybridized carbons (Fsp3) is 0.538. The Morgan fingerprint density at radius 3 is 2.53 bits per heavy atom. The molecule has 0 spiro atoms. The van der Waals surface area contributed by atoms with E-state index in [1.165, 1.54) is 12.1 Å². The molecular formula is C13H20N2O4. The monoisotopic (exact) mass is 268 g/mol. The number of non-ortho nitro benzene ring substituents is 1. The van der Waals surface area contributed by atoms with Crippen molar-refractivity contribution in [3.63, 3.8) is 0 Å². The third kappa shape index (κ3) is 5.67. The maximum Gasteiger partial charge on any atom is 0.269 e. The molecule has 19 heavy (non-hydrogen) atoms. The predicted molar refractivity (Wildman–Crippen MR) is 72.4 cm³/mol. The molecule has 0 bridgehead atoms. The fourth-order valence-electron chi connectivity index (χ4n) is 1.59. The van der Waals surface area contributed by atoms with Crippen LogP contribution in [0, 0.1) is 10.1 Å². The second-order valence-corrected chi connectivity index (χ2v) is 4.88. The van der Waals surface area contributed by atoms with E-state index >= 15 is 0 Å². The number of aliphatic hydroxyl groups excluding tert-OH is 1. The summed E-state index contributed by atoms with van der Waals surface area (Å²) in [6.07, 6.45) is 0.671. The zero-order valence-corrected chi connectivity index (χ0v) is 11.3. The van der Waals surface area contributed by atoms with Crippen LogP contribution in [0.25, 0.3) is 0 Å². The third-order valence-corrected chi connectivity index (χ3v) is 2.76. The van der Waals surface area contributed by atoms with Crippen LogP contribution in [-0.2, 0) is 0 Å². The number of hydrogen-bond acceptors (Lipinski definition) is 5. The molecule has 106 valence electrons. The zero-order valence-electron chi connectivity index (χ0n) is 11.3. The van der Waals surface area contributed by atoms with Crippen LogP contribution in [0.4, 0.5) is 5.69 Å². The number of nitro benzene ring substituents is 1. The van der Waals surface area contributed by atoms with Gasteiger partial charge in [-0.15, -0.1) is 0 Å². The molecule has 2 N–H and O–H groups in total. The number of nitrogens with zero attached hydrogens (tertiary/aromatic N) is 1. The molecule has 1 aromatic rings. The molecule has 1 rings (SSSR count). The summed E-state index contributed by atoms with van der Waals surface area (Å²) in [5.74, 6) is 0.604. The van der Waals surface area contributed by atoms with Gasteiger partial charge in [-0.2, -0.15) is 0 Å². The van der Waals surface area contributed by atoms with Gasteiger partial charge in [0, 0.05) is 30.8 Å². The van der Waals surface area contributed by atoms with Crippen molar-refractivity contribution in [2.45, 2.75) is 25.8 Å². The predicted octanol–water partition coefficient (Wildman–Crippen LogP) is 1.72. The first kappa shape index (κ1) is 15.4. The molecular weight excluding hydrogens is 248 g/mol. The molecule has 0 atom stereocenters. The first-order valence-electron chi connectivity index (χ1n) is 6.18. The molecule has 0 fully saturated rings. The lowest BCUT2D eigenvalue weighted by Crippen LogP contribution is -2.42. The first-order valence-corrected chi connectivity index (χ1v) is 6.18. The van der Waals surface area contributed by atoms with Gasteiger partial charge < -0.3 is 15.2 Å². The number of nitro groups is 1. The molecule has 0 aliphatic heterocycles. The van der Waals surface area contributed by atoms with Crippen LogP contribution >= 0.6 is 0 Å². The molecule has 0 aliphatic rings. The minimum atomic E-state index is -0.442. The second kappa shape index (κ2) is 7.06. The molecule has 6 nitrogen and oxygen atoms in total. The van der Waals surface area contributed by atoms with Gasteiger partial charge in [0.25, 0.3) is 5.69 Å². The van der Waals surface area contributed by atoms with Gasteiger partial charge in [-0.25, -0.2) is 0 Å². The summed E-state index contributed by atoms with van der Waals surface area (Å²) in [4.78, 5) is 10.0. The zero-order chi connectivity index (χ0) is 14.3. The molecule has 0 radical (unpaired) electrons. The Labute approximate surface area is 112 Å². The number of nitrogens with one attached hydrogen (secondary N) is 1. The molecule has 0 aromatic heterocycles. The number of hydrogen-bond donors (Lipinski definition) is 2. The fourth-order valence-corrected chi connectivity index (χ4v) is 1.59. The number of aliphatic hydroxyl groups is 1. The summed E-state index contributed by atoms with van der Waals surface area (Å²) < 4.78 is 5.47. The van der Waals surface area contributed by atoms with E-state index in [-0.39, 0.29) is 17.8 Å². The lowest BCUT2D eigenvalue weighted by Gasteiger charge is -2.25. The Morgan fingerprint density at radius 2 is 2.00 bits per heavy atom.